The maximum Gasteiger partial charge on any atom is 0.341 e. The molecule has 1 aromatic carbocycles. The molecule has 0 radical (unpaired) electrons. The molecule has 4 nitrogen and oxygen atoms in total. The van der Waals surface area contributed by atoms with Crippen LogP contribution >= 0.6 is 11.6 Å². The molecule has 2 rings (SSSR count). The van der Waals surface area contributed by atoms with Crippen molar-refractivity contribution in [1.29, 1.82) is 0 Å². The molecule has 0 amide bonds. The highest BCUT2D eigenvalue weighted by Crippen LogP contribution is 2.16. The van der Waals surface area contributed by atoms with Gasteiger partial charge in [-0.1, -0.05) is 23.7 Å². The second kappa shape index (κ2) is 6.59. The Balaban J connectivity index is 1.91. The number of hydrogen-bond donors (Lipinski definition) is 1. The summed E-state index contributed by atoms with van der Waals surface area (Å²) in [4.78, 5) is 11.5. The van der Waals surface area contributed by atoms with Crippen molar-refractivity contribution in [3.63, 3.8) is 0 Å². The van der Waals surface area contributed by atoms with E-state index in [9.17, 15) is 4.79 Å². The van der Waals surface area contributed by atoms with E-state index >= 15 is 0 Å². The highest BCUT2D eigenvalue weighted by atomic mass is 35.5. The second-order valence-electron chi connectivity index (χ2n) is 4.40. The summed E-state index contributed by atoms with van der Waals surface area (Å²) in [5.74, 6) is 0.896. The monoisotopic (exact) mass is 293 g/mol. The number of nitrogens with one attached hydrogen (secondary N) is 1. The fraction of sp³-hybridized carbons (Fsp3) is 0.267. The van der Waals surface area contributed by atoms with E-state index in [1.54, 1.807) is 13.0 Å². The van der Waals surface area contributed by atoms with E-state index in [1.165, 1.54) is 7.11 Å². The average molecular weight is 294 g/mol. The van der Waals surface area contributed by atoms with Crippen LogP contribution in [0.2, 0.25) is 5.02 Å². The molecule has 1 N–H and O–H groups in total. The van der Waals surface area contributed by atoms with E-state index in [-0.39, 0.29) is 5.97 Å². The SMILES string of the molecule is COC(=O)c1cc(CNCc2ccc(Cl)cc2)oc1C. The number of ether oxygens (including phenoxy) is 1. The molecule has 0 bridgehead atoms. The largest absolute Gasteiger partial charge is 0.465 e. The zero-order valence-electron chi connectivity index (χ0n) is 11.4. The molecule has 0 spiro atoms. The molecule has 0 unspecified atom stereocenters. The molecule has 0 aliphatic heterocycles. The number of halogens is 1. The number of benzene rings is 1. The van der Waals surface area contributed by atoms with E-state index in [0.717, 1.165) is 10.6 Å². The molecule has 106 valence electrons. The lowest BCUT2D eigenvalue weighted by atomic mass is 10.2. The van der Waals surface area contributed by atoms with Gasteiger partial charge in [-0.25, -0.2) is 4.79 Å². The van der Waals surface area contributed by atoms with Crippen molar-refractivity contribution in [3.8, 4) is 0 Å². The summed E-state index contributed by atoms with van der Waals surface area (Å²) in [6.45, 7) is 2.99. The zero-order chi connectivity index (χ0) is 14.5. The van der Waals surface area contributed by atoms with Gasteiger partial charge in [0.05, 0.1) is 13.7 Å². The molecule has 20 heavy (non-hydrogen) atoms. The van der Waals surface area contributed by atoms with Crippen molar-refractivity contribution < 1.29 is 13.9 Å². The van der Waals surface area contributed by atoms with Crippen LogP contribution in [0.15, 0.2) is 34.7 Å². The third kappa shape index (κ3) is 3.62. The number of furan rings is 1. The molecule has 2 aromatic rings. The summed E-state index contributed by atoms with van der Waals surface area (Å²) < 4.78 is 10.2. The van der Waals surface area contributed by atoms with Crippen LogP contribution in [-0.2, 0) is 17.8 Å². The van der Waals surface area contributed by atoms with Crippen LogP contribution < -0.4 is 5.32 Å². The topological polar surface area (TPSA) is 51.5 Å². The Morgan fingerprint density at radius 3 is 2.65 bits per heavy atom. The van der Waals surface area contributed by atoms with Crippen LogP contribution in [0.25, 0.3) is 0 Å². The van der Waals surface area contributed by atoms with Gasteiger partial charge >= 0.3 is 5.97 Å². The van der Waals surface area contributed by atoms with Crippen molar-refractivity contribution in [3.05, 3.63) is 58.0 Å². The molecule has 0 aliphatic rings. The van der Waals surface area contributed by atoms with Gasteiger partial charge in [0.2, 0.25) is 0 Å². The van der Waals surface area contributed by atoms with Gasteiger partial charge in [-0.05, 0) is 30.7 Å². The van der Waals surface area contributed by atoms with Gasteiger partial charge in [0, 0.05) is 11.6 Å². The fourth-order valence-corrected chi connectivity index (χ4v) is 2.00. The normalized spacial score (nSPS) is 10.6. The Kier molecular flexibility index (Phi) is 4.82. The Morgan fingerprint density at radius 1 is 1.30 bits per heavy atom. The Morgan fingerprint density at radius 2 is 2.00 bits per heavy atom. The number of rotatable bonds is 5. The van der Waals surface area contributed by atoms with Crippen LogP contribution in [0.1, 0.15) is 27.4 Å². The molecule has 0 saturated carbocycles. The van der Waals surface area contributed by atoms with Gasteiger partial charge in [-0.2, -0.15) is 0 Å². The quantitative estimate of drug-likeness (QED) is 0.859. The molecule has 0 fully saturated rings. The Hall–Kier alpha value is -1.78. The van der Waals surface area contributed by atoms with E-state index in [0.29, 0.717) is 30.2 Å². The Labute approximate surface area is 122 Å². The van der Waals surface area contributed by atoms with Crippen molar-refractivity contribution in [2.45, 2.75) is 20.0 Å². The van der Waals surface area contributed by atoms with Crippen molar-refractivity contribution in [2.24, 2.45) is 0 Å². The summed E-state index contributed by atoms with van der Waals surface area (Å²) in [7, 11) is 1.35. The predicted octanol–water partition coefficient (Wildman–Crippen LogP) is 3.32. The number of methoxy groups -OCH3 is 1. The lowest BCUT2D eigenvalue weighted by Gasteiger charge is -2.03. The lowest BCUT2D eigenvalue weighted by Crippen LogP contribution is -2.12. The highest BCUT2D eigenvalue weighted by Gasteiger charge is 2.14. The summed E-state index contributed by atoms with van der Waals surface area (Å²) in [5, 5.41) is 3.97. The van der Waals surface area contributed by atoms with Gasteiger partial charge in [0.25, 0.3) is 0 Å². The van der Waals surface area contributed by atoms with Gasteiger partial charge in [-0.3, -0.25) is 0 Å². The fourth-order valence-electron chi connectivity index (χ4n) is 1.88. The predicted molar refractivity (Wildman–Crippen MR) is 76.8 cm³/mol. The highest BCUT2D eigenvalue weighted by molar-refractivity contribution is 6.30. The summed E-state index contributed by atoms with van der Waals surface area (Å²) in [6, 6.07) is 9.33. The molecule has 1 aromatic heterocycles. The van der Waals surface area contributed by atoms with Gasteiger partial charge in [0.1, 0.15) is 17.1 Å². The number of esters is 1. The minimum atomic E-state index is -0.379. The van der Waals surface area contributed by atoms with Crippen LogP contribution in [0, 0.1) is 6.92 Å². The van der Waals surface area contributed by atoms with Gasteiger partial charge in [-0.15, -0.1) is 0 Å². The molecule has 5 heteroatoms. The van der Waals surface area contributed by atoms with Crippen molar-refractivity contribution >= 4 is 17.6 Å². The first-order valence-electron chi connectivity index (χ1n) is 6.23. The molecular weight excluding hydrogens is 278 g/mol. The molecule has 0 atom stereocenters. The van der Waals surface area contributed by atoms with E-state index in [2.05, 4.69) is 10.1 Å². The number of hydrogen-bond acceptors (Lipinski definition) is 4. The van der Waals surface area contributed by atoms with E-state index in [4.69, 9.17) is 16.0 Å². The Bertz CT molecular complexity index is 590. The van der Waals surface area contributed by atoms with Crippen LogP contribution in [0.5, 0.6) is 0 Å². The summed E-state index contributed by atoms with van der Waals surface area (Å²) in [6.07, 6.45) is 0. The number of aryl methyl sites for hydroxylation is 1. The average Bonchev–Trinajstić information content (AvgIpc) is 2.81. The standard InChI is InChI=1S/C15H16ClNO3/c1-10-14(15(18)19-2)7-13(20-10)9-17-8-11-3-5-12(16)6-4-11/h3-7,17H,8-9H2,1-2H3. The first-order chi connectivity index (χ1) is 9.60. The van der Waals surface area contributed by atoms with E-state index < -0.39 is 0 Å². The van der Waals surface area contributed by atoms with Gasteiger partial charge in [0.15, 0.2) is 0 Å². The first-order valence-corrected chi connectivity index (χ1v) is 6.60. The van der Waals surface area contributed by atoms with Gasteiger partial charge < -0.3 is 14.5 Å². The first kappa shape index (κ1) is 14.6. The lowest BCUT2D eigenvalue weighted by molar-refractivity contribution is 0.0599. The van der Waals surface area contributed by atoms with Crippen molar-refractivity contribution in [2.75, 3.05) is 7.11 Å². The molecular formula is C15H16ClNO3. The maximum atomic E-state index is 11.5. The maximum absolute atomic E-state index is 11.5. The third-order valence-electron chi connectivity index (χ3n) is 2.92. The second-order valence-corrected chi connectivity index (χ2v) is 4.84. The van der Waals surface area contributed by atoms with Crippen LogP contribution in [-0.4, -0.2) is 13.1 Å². The molecule has 1 heterocycles. The third-order valence-corrected chi connectivity index (χ3v) is 3.17. The van der Waals surface area contributed by atoms with Crippen LogP contribution in [0.4, 0.5) is 0 Å². The minimum Gasteiger partial charge on any atom is -0.465 e. The summed E-state index contributed by atoms with van der Waals surface area (Å²) >= 11 is 5.83. The van der Waals surface area contributed by atoms with Crippen LogP contribution in [0.3, 0.4) is 0 Å². The number of carbonyl (C=O) groups excluding carboxylic acids is 1. The number of carbonyl (C=O) groups is 1. The van der Waals surface area contributed by atoms with Crippen molar-refractivity contribution in [1.82, 2.24) is 5.32 Å². The summed E-state index contributed by atoms with van der Waals surface area (Å²) in [5.41, 5.74) is 1.60. The zero-order valence-corrected chi connectivity index (χ0v) is 12.2. The molecule has 0 saturated heterocycles. The molecule has 0 aliphatic carbocycles. The minimum absolute atomic E-state index is 0.379. The smallest absolute Gasteiger partial charge is 0.341 e. The van der Waals surface area contributed by atoms with E-state index in [1.807, 2.05) is 24.3 Å².